The van der Waals surface area contributed by atoms with Crippen LogP contribution in [0.15, 0.2) is 49.1 Å². The lowest BCUT2D eigenvalue weighted by molar-refractivity contribution is 0.0937. The number of ether oxygens (including phenoxy) is 1. The highest BCUT2D eigenvalue weighted by Crippen LogP contribution is 2.27. The monoisotopic (exact) mass is 361 g/mol. The van der Waals surface area contributed by atoms with Crippen molar-refractivity contribution >= 4 is 23.2 Å². The Kier molecular flexibility index (Phi) is 5.56. The Morgan fingerprint density at radius 2 is 2.04 bits per heavy atom. The maximum Gasteiger partial charge on any atom is 0.165 e. The molecule has 0 amide bonds. The Morgan fingerprint density at radius 1 is 1.20 bits per heavy atom. The van der Waals surface area contributed by atoms with Crippen molar-refractivity contribution in [3.05, 3.63) is 60.4 Å². The van der Waals surface area contributed by atoms with Gasteiger partial charge in [-0.1, -0.05) is 0 Å². The van der Waals surface area contributed by atoms with E-state index in [-0.39, 0.29) is 24.3 Å². The molecule has 132 valence electrons. The van der Waals surface area contributed by atoms with Gasteiger partial charge in [0.15, 0.2) is 11.6 Å². The van der Waals surface area contributed by atoms with Gasteiger partial charge in [-0.25, -0.2) is 4.39 Å². The summed E-state index contributed by atoms with van der Waals surface area (Å²) in [5.41, 5.74) is 1.29. The van der Waals surface area contributed by atoms with E-state index in [9.17, 15) is 4.39 Å². The highest BCUT2D eigenvalue weighted by molar-refractivity contribution is 5.85. The Bertz CT molecular complexity index is 817. The third-order valence-electron chi connectivity index (χ3n) is 4.59. The fourth-order valence-electron chi connectivity index (χ4n) is 3.26. The molecule has 0 radical (unpaired) electrons. The second-order valence-electron chi connectivity index (χ2n) is 6.32. The number of piperidine rings is 1. The molecule has 1 fully saturated rings. The quantitative estimate of drug-likeness (QED) is 0.758. The molecule has 3 heterocycles. The zero-order chi connectivity index (χ0) is 16.4. The van der Waals surface area contributed by atoms with E-state index in [2.05, 4.69) is 20.9 Å². The Labute approximate surface area is 152 Å². The smallest absolute Gasteiger partial charge is 0.165 e. The zero-order valence-corrected chi connectivity index (χ0v) is 14.6. The van der Waals surface area contributed by atoms with Crippen LogP contribution < -0.4 is 4.74 Å². The predicted octanol–water partition coefficient (Wildman–Crippen LogP) is 4.17. The molecule has 0 saturated carbocycles. The van der Waals surface area contributed by atoms with Crippen LogP contribution in [0.1, 0.15) is 18.4 Å². The summed E-state index contributed by atoms with van der Waals surface area (Å²) >= 11 is 0. The number of fused-ring (bicyclic) bond motifs is 1. The first kappa shape index (κ1) is 17.7. The number of rotatable bonds is 4. The van der Waals surface area contributed by atoms with Crippen LogP contribution in [0.4, 0.5) is 4.39 Å². The van der Waals surface area contributed by atoms with Crippen LogP contribution >= 0.6 is 12.4 Å². The van der Waals surface area contributed by atoms with E-state index in [1.165, 1.54) is 11.6 Å². The SMILES string of the molecule is Cl.Fc1cc2cnccc2cc1OC1CCN(Cc2cc[nH]c2)CC1. The number of aromatic amines is 1. The Balaban J connectivity index is 0.00000182. The van der Waals surface area contributed by atoms with Crippen molar-refractivity contribution in [2.24, 2.45) is 0 Å². The van der Waals surface area contributed by atoms with Gasteiger partial charge < -0.3 is 9.72 Å². The second-order valence-corrected chi connectivity index (χ2v) is 6.32. The van der Waals surface area contributed by atoms with Crippen molar-refractivity contribution in [1.29, 1.82) is 0 Å². The van der Waals surface area contributed by atoms with Crippen molar-refractivity contribution < 1.29 is 9.13 Å². The predicted molar refractivity (Wildman–Crippen MR) is 98.7 cm³/mol. The molecule has 1 aliphatic rings. The lowest BCUT2D eigenvalue weighted by Gasteiger charge is -2.32. The van der Waals surface area contributed by atoms with Gasteiger partial charge in [0.1, 0.15) is 6.10 Å². The van der Waals surface area contributed by atoms with E-state index in [1.54, 1.807) is 18.5 Å². The van der Waals surface area contributed by atoms with Crippen LogP contribution in [-0.4, -0.2) is 34.1 Å². The Morgan fingerprint density at radius 3 is 2.80 bits per heavy atom. The minimum atomic E-state index is -0.315. The molecule has 6 heteroatoms. The molecule has 0 unspecified atom stereocenters. The summed E-state index contributed by atoms with van der Waals surface area (Å²) < 4.78 is 20.2. The maximum atomic E-state index is 14.2. The molecular formula is C19H21ClFN3O. The van der Waals surface area contributed by atoms with E-state index in [0.29, 0.717) is 5.75 Å². The van der Waals surface area contributed by atoms with E-state index < -0.39 is 0 Å². The first-order valence-electron chi connectivity index (χ1n) is 8.32. The number of benzene rings is 1. The molecule has 1 N–H and O–H groups in total. The van der Waals surface area contributed by atoms with Gasteiger partial charge in [0, 0.05) is 49.8 Å². The number of hydrogen-bond donors (Lipinski definition) is 1. The molecule has 0 bridgehead atoms. The minimum Gasteiger partial charge on any atom is -0.487 e. The highest BCUT2D eigenvalue weighted by atomic mass is 35.5. The van der Waals surface area contributed by atoms with E-state index in [4.69, 9.17) is 4.74 Å². The van der Waals surface area contributed by atoms with Gasteiger partial charge in [0.25, 0.3) is 0 Å². The number of H-pyrrole nitrogens is 1. The van der Waals surface area contributed by atoms with Crippen LogP contribution in [0.25, 0.3) is 10.8 Å². The zero-order valence-electron chi connectivity index (χ0n) is 13.8. The van der Waals surface area contributed by atoms with Crippen LogP contribution in [0, 0.1) is 5.82 Å². The Hall–Kier alpha value is -2.11. The van der Waals surface area contributed by atoms with E-state index >= 15 is 0 Å². The normalized spacial score (nSPS) is 15.9. The van der Waals surface area contributed by atoms with E-state index in [0.717, 1.165) is 43.2 Å². The summed E-state index contributed by atoms with van der Waals surface area (Å²) in [6.45, 7) is 2.89. The van der Waals surface area contributed by atoms with Crippen molar-refractivity contribution in [1.82, 2.24) is 14.9 Å². The molecule has 3 aromatic rings. The fraction of sp³-hybridized carbons (Fsp3) is 0.316. The van der Waals surface area contributed by atoms with Crippen LogP contribution in [0.3, 0.4) is 0 Å². The first-order chi connectivity index (χ1) is 11.8. The highest BCUT2D eigenvalue weighted by Gasteiger charge is 2.22. The first-order valence-corrected chi connectivity index (χ1v) is 8.32. The van der Waals surface area contributed by atoms with Gasteiger partial charge in [-0.2, -0.15) is 0 Å². The number of likely N-dealkylation sites (tertiary alicyclic amines) is 1. The minimum absolute atomic E-state index is 0. The molecule has 0 atom stereocenters. The number of nitrogens with one attached hydrogen (secondary N) is 1. The summed E-state index contributed by atoms with van der Waals surface area (Å²) in [6, 6.07) is 7.25. The van der Waals surface area contributed by atoms with Gasteiger partial charge in [-0.15, -0.1) is 12.4 Å². The van der Waals surface area contributed by atoms with Gasteiger partial charge in [0.2, 0.25) is 0 Å². The van der Waals surface area contributed by atoms with Gasteiger partial charge in [-0.05, 0) is 48.1 Å². The van der Waals surface area contributed by atoms with Crippen LogP contribution in [0.2, 0.25) is 0 Å². The molecule has 1 aromatic carbocycles. The van der Waals surface area contributed by atoms with Crippen molar-refractivity contribution in [2.45, 2.75) is 25.5 Å². The maximum absolute atomic E-state index is 14.2. The second kappa shape index (κ2) is 7.85. The molecular weight excluding hydrogens is 341 g/mol. The van der Waals surface area contributed by atoms with Crippen molar-refractivity contribution in [3.63, 3.8) is 0 Å². The summed E-state index contributed by atoms with van der Waals surface area (Å²) in [7, 11) is 0. The molecule has 4 nitrogen and oxygen atoms in total. The van der Waals surface area contributed by atoms with Crippen molar-refractivity contribution in [2.75, 3.05) is 13.1 Å². The average Bonchev–Trinajstić information content (AvgIpc) is 3.10. The molecule has 0 aliphatic carbocycles. The van der Waals surface area contributed by atoms with Crippen LogP contribution in [-0.2, 0) is 6.54 Å². The molecule has 4 rings (SSSR count). The van der Waals surface area contributed by atoms with Crippen molar-refractivity contribution in [3.8, 4) is 5.75 Å². The standard InChI is InChI=1S/C19H20FN3O.ClH/c20-18-9-16-12-22-6-2-15(16)10-19(18)24-17-3-7-23(8-4-17)13-14-1-5-21-11-14;/h1-2,5-6,9-12,17,21H,3-4,7-8,13H2;1H. The third-order valence-corrected chi connectivity index (χ3v) is 4.59. The summed E-state index contributed by atoms with van der Waals surface area (Å²) in [6.07, 6.45) is 9.26. The lowest BCUT2D eigenvalue weighted by Crippen LogP contribution is -2.37. The van der Waals surface area contributed by atoms with Crippen LogP contribution in [0.5, 0.6) is 5.75 Å². The molecule has 1 aliphatic heterocycles. The van der Waals surface area contributed by atoms with Gasteiger partial charge in [-0.3, -0.25) is 9.88 Å². The number of nitrogens with zero attached hydrogens (tertiary/aromatic N) is 2. The number of hydrogen-bond acceptors (Lipinski definition) is 3. The van der Waals surface area contributed by atoms with Gasteiger partial charge >= 0.3 is 0 Å². The molecule has 2 aromatic heterocycles. The summed E-state index contributed by atoms with van der Waals surface area (Å²) in [5, 5.41) is 1.75. The lowest BCUT2D eigenvalue weighted by atomic mass is 10.1. The topological polar surface area (TPSA) is 41.1 Å². The number of aromatic nitrogens is 2. The molecule has 0 spiro atoms. The average molecular weight is 362 g/mol. The van der Waals surface area contributed by atoms with E-state index in [1.807, 2.05) is 18.5 Å². The molecule has 25 heavy (non-hydrogen) atoms. The largest absolute Gasteiger partial charge is 0.487 e. The summed E-state index contributed by atoms with van der Waals surface area (Å²) in [5.74, 6) is 0.0306. The fourth-order valence-corrected chi connectivity index (χ4v) is 3.26. The third kappa shape index (κ3) is 4.11. The van der Waals surface area contributed by atoms with Gasteiger partial charge in [0.05, 0.1) is 0 Å². The summed E-state index contributed by atoms with van der Waals surface area (Å²) in [4.78, 5) is 9.52. The number of halogens is 2. The number of pyridine rings is 1. The molecule has 1 saturated heterocycles.